The summed E-state index contributed by atoms with van der Waals surface area (Å²) in [7, 11) is 2.12. The number of anilines is 1. The standard InChI is InChI=1S/C37H44BrF3N8O3/c1-45-10-6-25(7-11-45)46-14-16-48(17-15-46)35(51)24(18-23-19-28(37(39,40)41)33(42)29(38)20-23)21-32(50)47-12-8-26(9-13-47)49-31-22-43-30-5-3-2-4-27(30)34(31)44-36(49)52/h2-5,19-20,22,24-26H,6-18,21,42H2,1H3,(H,44,52). The minimum Gasteiger partial charge on any atom is -0.397 e. The first kappa shape index (κ1) is 36.4. The van der Waals surface area contributed by atoms with Crippen LogP contribution in [0, 0.1) is 5.92 Å². The number of likely N-dealkylation sites (tertiary alicyclic amines) is 2. The number of aromatic amines is 1. The van der Waals surface area contributed by atoms with E-state index in [-0.39, 0.29) is 46.4 Å². The smallest absolute Gasteiger partial charge is 0.397 e. The highest BCUT2D eigenvalue weighted by Crippen LogP contribution is 2.39. The summed E-state index contributed by atoms with van der Waals surface area (Å²) in [6.45, 7) is 5.28. The predicted octanol–water partition coefficient (Wildman–Crippen LogP) is 4.89. The molecule has 0 radical (unpaired) electrons. The van der Waals surface area contributed by atoms with Crippen LogP contribution in [0.3, 0.4) is 0 Å². The number of fused-ring (bicyclic) bond motifs is 3. The van der Waals surface area contributed by atoms with Gasteiger partial charge in [0.25, 0.3) is 0 Å². The van der Waals surface area contributed by atoms with Gasteiger partial charge in [-0.2, -0.15) is 13.2 Å². The summed E-state index contributed by atoms with van der Waals surface area (Å²) in [5, 5.41) is 0.859. The molecule has 3 saturated heterocycles. The number of pyridine rings is 1. The zero-order valence-electron chi connectivity index (χ0n) is 29.2. The van der Waals surface area contributed by atoms with E-state index < -0.39 is 23.3 Å². The molecule has 3 fully saturated rings. The molecule has 15 heteroatoms. The quantitative estimate of drug-likeness (QED) is 0.256. The van der Waals surface area contributed by atoms with E-state index in [2.05, 4.69) is 42.7 Å². The maximum Gasteiger partial charge on any atom is 0.418 e. The van der Waals surface area contributed by atoms with Crippen molar-refractivity contribution in [3.63, 3.8) is 0 Å². The van der Waals surface area contributed by atoms with Crippen LogP contribution in [-0.2, 0) is 22.2 Å². The van der Waals surface area contributed by atoms with Crippen molar-refractivity contribution in [3.8, 4) is 0 Å². The van der Waals surface area contributed by atoms with Crippen LogP contribution in [0.5, 0.6) is 0 Å². The van der Waals surface area contributed by atoms with E-state index in [1.165, 1.54) is 6.07 Å². The number of halogens is 4. The van der Waals surface area contributed by atoms with E-state index in [0.717, 1.165) is 61.5 Å². The molecular weight excluding hydrogens is 741 g/mol. The number of piperazine rings is 1. The average Bonchev–Trinajstić information content (AvgIpc) is 3.48. The van der Waals surface area contributed by atoms with Gasteiger partial charge >= 0.3 is 11.9 Å². The minimum atomic E-state index is -4.68. The molecule has 0 saturated carbocycles. The highest BCUT2D eigenvalue weighted by atomic mass is 79.9. The normalized spacial score (nSPS) is 19.5. The molecule has 0 spiro atoms. The number of aromatic nitrogens is 3. The van der Waals surface area contributed by atoms with Crippen molar-refractivity contribution in [2.75, 3.05) is 65.1 Å². The molecule has 0 aliphatic carbocycles. The minimum absolute atomic E-state index is 0.0378. The monoisotopic (exact) mass is 784 g/mol. The van der Waals surface area contributed by atoms with Gasteiger partial charge in [-0.3, -0.25) is 24.0 Å². The van der Waals surface area contributed by atoms with Crippen molar-refractivity contribution in [2.45, 2.75) is 56.8 Å². The van der Waals surface area contributed by atoms with Gasteiger partial charge in [-0.1, -0.05) is 18.2 Å². The predicted molar refractivity (Wildman–Crippen MR) is 197 cm³/mol. The summed E-state index contributed by atoms with van der Waals surface area (Å²) in [5.74, 6) is -1.31. The third-order valence-electron chi connectivity index (χ3n) is 11.2. The SMILES string of the molecule is CN1CCC(N2CCN(C(=O)C(CC(=O)N3CCC(n4c(=O)[nH]c5c6ccccc6ncc54)CC3)Cc3cc(Br)c(N)c(C(F)(F)F)c3)CC2)CC1. The van der Waals surface area contributed by atoms with Crippen molar-refractivity contribution < 1.29 is 22.8 Å². The number of carbonyl (C=O) groups excluding carboxylic acids is 2. The van der Waals surface area contributed by atoms with Crippen molar-refractivity contribution >= 4 is 55.4 Å². The maximum absolute atomic E-state index is 14.2. The third-order valence-corrected chi connectivity index (χ3v) is 11.9. The number of alkyl halides is 3. The number of benzene rings is 2. The van der Waals surface area contributed by atoms with Gasteiger partial charge in [-0.05, 0) is 91.9 Å². The Kier molecular flexibility index (Phi) is 10.4. The van der Waals surface area contributed by atoms with Gasteiger partial charge in [0.1, 0.15) is 0 Å². The van der Waals surface area contributed by atoms with E-state index in [1.54, 1.807) is 20.6 Å². The molecule has 3 aliphatic rings. The lowest BCUT2D eigenvalue weighted by Crippen LogP contribution is -2.55. The Hall–Kier alpha value is -3.95. The molecule has 1 unspecified atom stereocenters. The number of hydrogen-bond donors (Lipinski definition) is 2. The number of amides is 2. The highest BCUT2D eigenvalue weighted by Gasteiger charge is 2.37. The van der Waals surface area contributed by atoms with Gasteiger partial charge in [0.2, 0.25) is 11.8 Å². The summed E-state index contributed by atoms with van der Waals surface area (Å²) in [5.41, 5.74) is 6.67. The molecule has 0 bridgehead atoms. The number of para-hydroxylation sites is 1. The van der Waals surface area contributed by atoms with Crippen LogP contribution in [0.15, 0.2) is 51.9 Å². The van der Waals surface area contributed by atoms with E-state index in [4.69, 9.17) is 5.73 Å². The second kappa shape index (κ2) is 14.8. The lowest BCUT2D eigenvalue weighted by atomic mass is 9.92. The first-order chi connectivity index (χ1) is 24.9. The number of rotatable bonds is 7. The van der Waals surface area contributed by atoms with E-state index in [9.17, 15) is 27.6 Å². The van der Waals surface area contributed by atoms with Crippen molar-refractivity contribution in [3.05, 3.63) is 68.7 Å². The Morgan fingerprint density at radius 2 is 1.63 bits per heavy atom. The molecular formula is C37H44BrF3N8O3. The molecule has 2 aromatic heterocycles. The number of nitrogens with zero attached hydrogens (tertiary/aromatic N) is 6. The molecule has 4 aromatic rings. The largest absolute Gasteiger partial charge is 0.418 e. The summed E-state index contributed by atoms with van der Waals surface area (Å²) < 4.78 is 43.5. The fourth-order valence-corrected chi connectivity index (χ4v) is 8.79. The molecule has 2 aromatic carbocycles. The van der Waals surface area contributed by atoms with Gasteiger partial charge in [0.05, 0.1) is 39.9 Å². The Balaban J connectivity index is 1.06. The number of nitrogen functional groups attached to an aromatic ring is 1. The van der Waals surface area contributed by atoms with E-state index in [1.807, 2.05) is 24.3 Å². The van der Waals surface area contributed by atoms with Gasteiger partial charge in [0.15, 0.2) is 0 Å². The second-order valence-electron chi connectivity index (χ2n) is 14.5. The van der Waals surface area contributed by atoms with Crippen LogP contribution in [0.4, 0.5) is 18.9 Å². The van der Waals surface area contributed by atoms with E-state index in [0.29, 0.717) is 50.6 Å². The molecule has 7 rings (SSSR count). The number of piperidine rings is 2. The van der Waals surface area contributed by atoms with Gasteiger partial charge in [-0.15, -0.1) is 0 Å². The lowest BCUT2D eigenvalue weighted by Gasteiger charge is -2.43. The van der Waals surface area contributed by atoms with Crippen LogP contribution in [0.25, 0.3) is 21.9 Å². The molecule has 5 heterocycles. The number of nitrogens with one attached hydrogen (secondary N) is 1. The van der Waals surface area contributed by atoms with Crippen molar-refractivity contribution in [1.82, 2.24) is 34.1 Å². The number of nitrogens with two attached hydrogens (primary N) is 1. The van der Waals surface area contributed by atoms with E-state index >= 15 is 0 Å². The molecule has 3 aliphatic heterocycles. The van der Waals surface area contributed by atoms with Crippen LogP contribution in [0.1, 0.15) is 49.3 Å². The number of carbonyl (C=O) groups is 2. The lowest BCUT2D eigenvalue weighted by molar-refractivity contribution is -0.143. The summed E-state index contributed by atoms with van der Waals surface area (Å²) >= 11 is 3.17. The van der Waals surface area contributed by atoms with Crippen LogP contribution in [0.2, 0.25) is 0 Å². The molecule has 52 heavy (non-hydrogen) atoms. The fourth-order valence-electron chi connectivity index (χ4n) is 8.28. The van der Waals surface area contributed by atoms with Crippen molar-refractivity contribution in [1.29, 1.82) is 0 Å². The van der Waals surface area contributed by atoms with Gasteiger partial charge in [-0.25, -0.2) is 4.79 Å². The molecule has 11 nitrogen and oxygen atoms in total. The first-order valence-electron chi connectivity index (χ1n) is 18.0. The highest BCUT2D eigenvalue weighted by molar-refractivity contribution is 9.10. The summed E-state index contributed by atoms with van der Waals surface area (Å²) in [6.07, 6.45) is 0.0721. The zero-order valence-corrected chi connectivity index (χ0v) is 30.8. The summed E-state index contributed by atoms with van der Waals surface area (Å²) in [6, 6.07) is 10.4. The first-order valence-corrected chi connectivity index (χ1v) is 18.8. The molecule has 3 N–H and O–H groups in total. The Labute approximate surface area is 308 Å². The van der Waals surface area contributed by atoms with Crippen LogP contribution >= 0.6 is 15.9 Å². The summed E-state index contributed by atoms with van der Waals surface area (Å²) in [4.78, 5) is 57.0. The fraction of sp³-hybridized carbons (Fsp3) is 0.514. The molecule has 278 valence electrons. The Morgan fingerprint density at radius 1 is 0.962 bits per heavy atom. The average molecular weight is 786 g/mol. The number of imidazole rings is 1. The van der Waals surface area contributed by atoms with Crippen molar-refractivity contribution in [2.24, 2.45) is 5.92 Å². The second-order valence-corrected chi connectivity index (χ2v) is 15.3. The maximum atomic E-state index is 14.2. The topological polar surface area (TPSA) is 124 Å². The van der Waals surface area contributed by atoms with Gasteiger partial charge < -0.3 is 25.4 Å². The number of hydrogen-bond acceptors (Lipinski definition) is 7. The zero-order chi connectivity index (χ0) is 36.7. The third kappa shape index (κ3) is 7.44. The number of H-pyrrole nitrogens is 1. The van der Waals surface area contributed by atoms with Gasteiger partial charge in [0, 0.05) is 67.6 Å². The Bertz CT molecular complexity index is 2010. The van der Waals surface area contributed by atoms with Crippen LogP contribution < -0.4 is 11.4 Å². The molecule has 2 amide bonds. The molecule has 1 atom stereocenters. The Morgan fingerprint density at radius 3 is 2.33 bits per heavy atom. The van der Waals surface area contributed by atoms with Crippen LogP contribution in [-0.4, -0.2) is 111 Å².